The molecule has 4 heteroatoms. The zero-order valence-corrected chi connectivity index (χ0v) is 12.6. The number of hydrogen-bond donors (Lipinski definition) is 1. The average Bonchev–Trinajstić information content (AvgIpc) is 2.43. The van der Waals surface area contributed by atoms with E-state index in [4.69, 9.17) is 0 Å². The predicted octanol–water partition coefficient (Wildman–Crippen LogP) is 3.71. The molecule has 0 bridgehead atoms. The molecule has 0 spiro atoms. The normalized spacial score (nSPS) is 12.1. The Morgan fingerprint density at radius 2 is 1.76 bits per heavy atom. The van der Waals surface area contributed by atoms with Crippen molar-refractivity contribution in [1.82, 2.24) is 5.32 Å². The van der Waals surface area contributed by atoms with Crippen molar-refractivity contribution in [2.75, 3.05) is 7.05 Å². The van der Waals surface area contributed by atoms with Gasteiger partial charge in [0.1, 0.15) is 0 Å². The minimum absolute atomic E-state index is 0.0599. The second-order valence-electron chi connectivity index (χ2n) is 5.35. The highest BCUT2D eigenvalue weighted by Gasteiger charge is 2.18. The van der Waals surface area contributed by atoms with Crippen LogP contribution in [0.1, 0.15) is 28.3 Å². The van der Waals surface area contributed by atoms with Gasteiger partial charge in [-0.2, -0.15) is 0 Å². The van der Waals surface area contributed by atoms with Crippen LogP contribution in [0.3, 0.4) is 0 Å². The Kier molecular flexibility index (Phi) is 4.70. The zero-order valence-electron chi connectivity index (χ0n) is 12.6. The van der Waals surface area contributed by atoms with E-state index in [9.17, 15) is 10.1 Å². The molecule has 0 amide bonds. The maximum absolute atomic E-state index is 11.1. The van der Waals surface area contributed by atoms with Crippen molar-refractivity contribution in [2.24, 2.45) is 0 Å². The fraction of sp³-hybridized carbons (Fsp3) is 0.294. The number of rotatable bonds is 5. The minimum Gasteiger partial charge on any atom is -0.313 e. The molecule has 0 aromatic heterocycles. The third kappa shape index (κ3) is 3.67. The lowest BCUT2D eigenvalue weighted by atomic mass is 9.95. The smallest absolute Gasteiger partial charge is 0.272 e. The van der Waals surface area contributed by atoms with Crippen molar-refractivity contribution >= 4 is 5.69 Å². The summed E-state index contributed by atoms with van der Waals surface area (Å²) < 4.78 is 0. The number of para-hydroxylation sites is 1. The standard InChI is InChI=1S/C17H20N2O2/c1-12-8-13(2)10-15(9-12)16(18-3)11-14-6-4-5-7-17(14)19(20)21/h4-10,16,18H,11H2,1-3H3. The Morgan fingerprint density at radius 3 is 2.33 bits per heavy atom. The van der Waals surface area contributed by atoms with Crippen molar-refractivity contribution in [2.45, 2.75) is 26.3 Å². The quantitative estimate of drug-likeness (QED) is 0.672. The van der Waals surface area contributed by atoms with Crippen molar-refractivity contribution in [3.05, 3.63) is 74.8 Å². The molecule has 1 atom stereocenters. The Hall–Kier alpha value is -2.20. The predicted molar refractivity (Wildman–Crippen MR) is 84.5 cm³/mol. The summed E-state index contributed by atoms with van der Waals surface area (Å²) in [5.74, 6) is 0. The molecule has 0 heterocycles. The molecule has 0 aliphatic carbocycles. The number of nitrogens with zero attached hydrogens (tertiary/aromatic N) is 1. The molecular formula is C17H20N2O2. The highest BCUT2D eigenvalue weighted by Crippen LogP contribution is 2.25. The van der Waals surface area contributed by atoms with E-state index < -0.39 is 0 Å². The van der Waals surface area contributed by atoms with Crippen molar-refractivity contribution in [3.8, 4) is 0 Å². The Bertz CT molecular complexity index is 633. The summed E-state index contributed by atoms with van der Waals surface area (Å²) in [6.07, 6.45) is 0.594. The second-order valence-corrected chi connectivity index (χ2v) is 5.35. The maximum Gasteiger partial charge on any atom is 0.272 e. The van der Waals surface area contributed by atoms with Gasteiger partial charge in [-0.05, 0) is 32.9 Å². The Morgan fingerprint density at radius 1 is 1.14 bits per heavy atom. The van der Waals surface area contributed by atoms with Crippen LogP contribution in [0.5, 0.6) is 0 Å². The van der Waals surface area contributed by atoms with E-state index in [0.717, 1.165) is 11.1 Å². The summed E-state index contributed by atoms with van der Waals surface area (Å²) in [6.45, 7) is 4.13. The molecule has 1 unspecified atom stereocenters. The third-order valence-corrected chi connectivity index (χ3v) is 3.61. The van der Waals surface area contributed by atoms with Crippen LogP contribution < -0.4 is 5.32 Å². The van der Waals surface area contributed by atoms with Crippen LogP contribution in [0.4, 0.5) is 5.69 Å². The number of likely N-dealkylation sites (N-methyl/N-ethyl adjacent to an activating group) is 1. The summed E-state index contributed by atoms with van der Waals surface area (Å²) in [7, 11) is 1.89. The molecule has 110 valence electrons. The summed E-state index contributed by atoms with van der Waals surface area (Å²) in [4.78, 5) is 10.8. The summed E-state index contributed by atoms with van der Waals surface area (Å²) in [6, 6.07) is 13.4. The second kappa shape index (κ2) is 6.50. The van der Waals surface area contributed by atoms with Crippen LogP contribution in [0.25, 0.3) is 0 Å². The molecule has 0 saturated heterocycles. The van der Waals surface area contributed by atoms with Gasteiger partial charge in [-0.3, -0.25) is 10.1 Å². The largest absolute Gasteiger partial charge is 0.313 e. The lowest BCUT2D eigenvalue weighted by molar-refractivity contribution is -0.385. The fourth-order valence-corrected chi connectivity index (χ4v) is 2.68. The number of nitro benzene ring substituents is 1. The first-order valence-corrected chi connectivity index (χ1v) is 6.99. The van der Waals surface area contributed by atoms with Crippen LogP contribution in [0.2, 0.25) is 0 Å². The van der Waals surface area contributed by atoms with E-state index in [1.54, 1.807) is 12.1 Å². The first-order valence-electron chi connectivity index (χ1n) is 6.99. The van der Waals surface area contributed by atoms with Crippen molar-refractivity contribution in [3.63, 3.8) is 0 Å². The molecule has 0 aliphatic rings. The lowest BCUT2D eigenvalue weighted by Gasteiger charge is -2.18. The molecule has 0 radical (unpaired) electrons. The molecule has 4 nitrogen and oxygen atoms in total. The monoisotopic (exact) mass is 284 g/mol. The Balaban J connectivity index is 2.33. The number of nitro groups is 1. The molecule has 2 aromatic carbocycles. The van der Waals surface area contributed by atoms with Gasteiger partial charge in [0.2, 0.25) is 0 Å². The topological polar surface area (TPSA) is 55.2 Å². The van der Waals surface area contributed by atoms with Crippen LogP contribution in [0.15, 0.2) is 42.5 Å². The summed E-state index contributed by atoms with van der Waals surface area (Å²) in [5.41, 5.74) is 4.50. The number of hydrogen-bond acceptors (Lipinski definition) is 3. The van der Waals surface area contributed by atoms with Gasteiger partial charge in [0.05, 0.1) is 4.92 Å². The molecule has 0 fully saturated rings. The van der Waals surface area contributed by atoms with Gasteiger partial charge in [0.25, 0.3) is 5.69 Å². The third-order valence-electron chi connectivity index (χ3n) is 3.61. The number of benzene rings is 2. The van der Waals surface area contributed by atoms with Crippen LogP contribution in [-0.4, -0.2) is 12.0 Å². The van der Waals surface area contributed by atoms with E-state index >= 15 is 0 Å². The number of nitrogens with one attached hydrogen (secondary N) is 1. The molecule has 0 aliphatic heterocycles. The molecular weight excluding hydrogens is 264 g/mol. The van der Waals surface area contributed by atoms with Crippen LogP contribution >= 0.6 is 0 Å². The van der Waals surface area contributed by atoms with Crippen molar-refractivity contribution < 1.29 is 4.92 Å². The van der Waals surface area contributed by atoms with Crippen LogP contribution in [-0.2, 0) is 6.42 Å². The summed E-state index contributed by atoms with van der Waals surface area (Å²) >= 11 is 0. The van der Waals surface area contributed by atoms with Gasteiger partial charge in [-0.25, -0.2) is 0 Å². The van der Waals surface area contributed by atoms with E-state index in [-0.39, 0.29) is 16.7 Å². The SMILES string of the molecule is CNC(Cc1ccccc1[N+](=O)[O-])c1cc(C)cc(C)c1. The molecule has 1 N–H and O–H groups in total. The fourth-order valence-electron chi connectivity index (χ4n) is 2.68. The van der Waals surface area contributed by atoms with Crippen molar-refractivity contribution in [1.29, 1.82) is 0 Å². The molecule has 2 aromatic rings. The average molecular weight is 284 g/mol. The lowest BCUT2D eigenvalue weighted by Crippen LogP contribution is -2.19. The van der Waals surface area contributed by atoms with E-state index in [0.29, 0.717) is 6.42 Å². The van der Waals surface area contributed by atoms with E-state index in [2.05, 4.69) is 37.4 Å². The summed E-state index contributed by atoms with van der Waals surface area (Å²) in [5, 5.41) is 14.4. The highest BCUT2D eigenvalue weighted by atomic mass is 16.6. The zero-order chi connectivity index (χ0) is 15.4. The highest BCUT2D eigenvalue weighted by molar-refractivity contribution is 5.41. The van der Waals surface area contributed by atoms with Gasteiger partial charge in [-0.1, -0.05) is 47.5 Å². The molecule has 2 rings (SSSR count). The van der Waals surface area contributed by atoms with Gasteiger partial charge < -0.3 is 5.32 Å². The van der Waals surface area contributed by atoms with E-state index in [1.165, 1.54) is 11.1 Å². The number of aryl methyl sites for hydroxylation is 2. The first-order chi connectivity index (χ1) is 10.0. The van der Waals surface area contributed by atoms with Crippen LogP contribution in [0, 0.1) is 24.0 Å². The van der Waals surface area contributed by atoms with Gasteiger partial charge >= 0.3 is 0 Å². The van der Waals surface area contributed by atoms with Gasteiger partial charge in [0.15, 0.2) is 0 Å². The maximum atomic E-state index is 11.1. The Labute approximate surface area is 125 Å². The molecule has 0 saturated carbocycles. The minimum atomic E-state index is -0.316. The first kappa shape index (κ1) is 15.2. The van der Waals surface area contributed by atoms with Gasteiger partial charge in [-0.15, -0.1) is 0 Å². The van der Waals surface area contributed by atoms with Gasteiger partial charge in [0, 0.05) is 17.7 Å². The van der Waals surface area contributed by atoms with E-state index in [1.807, 2.05) is 19.2 Å². The molecule has 21 heavy (non-hydrogen) atoms.